The topological polar surface area (TPSA) is 144 Å². The van der Waals surface area contributed by atoms with E-state index < -0.39 is 5.23 Å². The van der Waals surface area contributed by atoms with Gasteiger partial charge in [0.2, 0.25) is 6.79 Å². The Morgan fingerprint density at radius 2 is 1.66 bits per heavy atom. The number of morpholine rings is 1. The molecule has 58 heavy (non-hydrogen) atoms. The number of nitrogens with zero attached hydrogens (tertiary/aromatic N) is 4. The van der Waals surface area contributed by atoms with Crippen molar-refractivity contribution in [2.45, 2.75) is 58.3 Å². The van der Waals surface area contributed by atoms with Gasteiger partial charge in [-0.15, -0.1) is 0 Å². The molecule has 2 amide bonds. The van der Waals surface area contributed by atoms with Crippen LogP contribution in [0.1, 0.15) is 61.5 Å². The van der Waals surface area contributed by atoms with Crippen molar-refractivity contribution < 1.29 is 39.3 Å². The fraction of sp³-hybridized carbons (Fsp3) is 0.333. The lowest BCUT2D eigenvalue weighted by atomic mass is 9.92. The zero-order valence-electron chi connectivity index (χ0n) is 32.5. The molecule has 300 valence electrons. The molecular weight excluding hydrogens is 739 g/mol. The van der Waals surface area contributed by atoms with E-state index in [1.165, 1.54) is 17.7 Å². The van der Waals surface area contributed by atoms with Crippen molar-refractivity contribution in [3.8, 4) is 28.5 Å². The average Bonchev–Trinajstić information content (AvgIpc) is 3.87. The Hall–Kier alpha value is -5.70. The Balaban J connectivity index is 1.14. The third kappa shape index (κ3) is 7.20. The molecule has 0 bridgehead atoms. The first-order valence-corrected chi connectivity index (χ1v) is 20.0. The summed E-state index contributed by atoms with van der Waals surface area (Å²) in [5.41, 5.74) is 7.64. The molecule has 2 atom stereocenters. The van der Waals surface area contributed by atoms with Gasteiger partial charge in [0, 0.05) is 73.0 Å². The lowest BCUT2D eigenvalue weighted by Gasteiger charge is -2.40. The number of anilines is 1. The molecule has 1 aromatic heterocycles. The Morgan fingerprint density at radius 3 is 2.43 bits per heavy atom. The van der Waals surface area contributed by atoms with E-state index >= 15 is 9.59 Å². The monoisotopic (exact) mass is 785 g/mol. The second kappa shape index (κ2) is 15.9. The van der Waals surface area contributed by atoms with Crippen molar-refractivity contribution in [3.63, 3.8) is 0 Å². The molecule has 9 rings (SSSR count). The van der Waals surface area contributed by atoms with Crippen molar-refractivity contribution in [1.82, 2.24) is 14.4 Å². The zero-order valence-corrected chi connectivity index (χ0v) is 32.5. The van der Waals surface area contributed by atoms with Crippen LogP contribution in [0.5, 0.6) is 17.2 Å². The first kappa shape index (κ1) is 37.9. The minimum Gasteiger partial charge on any atom is -0.595 e. The lowest BCUT2D eigenvalue weighted by molar-refractivity contribution is -0.991. The van der Waals surface area contributed by atoms with Crippen LogP contribution in [0.4, 0.5) is 11.4 Å². The number of carbonyl (C=O) groups excluding carboxylic acids is 2. The van der Waals surface area contributed by atoms with Crippen LogP contribution < -0.4 is 19.6 Å². The first-order chi connectivity index (χ1) is 28.2. The maximum absolute atomic E-state index is 15.2. The molecule has 0 radical (unpaired) electrons. The van der Waals surface area contributed by atoms with Crippen LogP contribution in [0.2, 0.25) is 0 Å². The van der Waals surface area contributed by atoms with Crippen molar-refractivity contribution >= 4 is 23.2 Å². The van der Waals surface area contributed by atoms with Crippen LogP contribution in [0.15, 0.2) is 84.9 Å². The third-order valence-corrected chi connectivity index (χ3v) is 12.1. The third-order valence-electron chi connectivity index (χ3n) is 12.1. The summed E-state index contributed by atoms with van der Waals surface area (Å²) in [7, 11) is 0. The second-order valence-electron chi connectivity index (χ2n) is 15.5. The average molecular weight is 786 g/mol. The molecule has 5 aromatic rings. The standard InChI is InChI=1S/C45H47N5O8/c1-29-31(9-6-11-39(29)50(54)55)25-48(33-12-14-35(51)15-13-33)45(53)38-22-41(47-16-5-4-10-40(38)47)36-23-42-43(58-28-57-42)24-37(36)44(52)49-26-32-8-3-2-7-30(32)21-34(49)27-46-17-19-56-20-18-46/h2-3,6-9,11-15,22-24,34,50-51,54H,4-5,10,16-21,25-28H2,1H3/t34-/m0/s1. The molecule has 13 nitrogen and oxygen atoms in total. The van der Waals surface area contributed by atoms with E-state index in [4.69, 9.17) is 14.2 Å². The van der Waals surface area contributed by atoms with Gasteiger partial charge in [-0.05, 0) is 91.8 Å². The number of aromatic nitrogens is 1. The molecule has 5 heterocycles. The first-order valence-electron chi connectivity index (χ1n) is 20.0. The zero-order chi connectivity index (χ0) is 39.9. The van der Waals surface area contributed by atoms with Crippen molar-refractivity contribution in [2.75, 3.05) is 44.5 Å². The summed E-state index contributed by atoms with van der Waals surface area (Å²) in [6.07, 6.45) is 3.20. The maximum atomic E-state index is 15.2. The van der Waals surface area contributed by atoms with E-state index in [-0.39, 0.29) is 42.6 Å². The molecule has 13 heteroatoms. The summed E-state index contributed by atoms with van der Waals surface area (Å²) in [4.78, 5) is 36.3. The summed E-state index contributed by atoms with van der Waals surface area (Å²) >= 11 is 0. The van der Waals surface area contributed by atoms with Crippen LogP contribution in [-0.4, -0.2) is 82.2 Å². The SMILES string of the molecule is Cc1c(CN(C(=O)c2cc(-c3cc4c(cc3C(=O)N3Cc5ccccc5C[C@H]3CN3CCOCC3)OCO4)n3c2CCCC3)c2ccc(O)cc2)cccc1[NH+]([O-])O. The Bertz CT molecular complexity index is 2350. The smallest absolute Gasteiger partial charge is 0.260 e. The molecule has 4 aliphatic heterocycles. The molecule has 0 saturated carbocycles. The molecule has 4 aromatic carbocycles. The van der Waals surface area contributed by atoms with Crippen molar-refractivity contribution in [2.24, 2.45) is 0 Å². The number of fused-ring (bicyclic) bond motifs is 3. The fourth-order valence-corrected chi connectivity index (χ4v) is 8.96. The quantitative estimate of drug-likeness (QED) is 0.168. The van der Waals surface area contributed by atoms with Gasteiger partial charge in [0.15, 0.2) is 17.2 Å². The van der Waals surface area contributed by atoms with Gasteiger partial charge in [-0.25, -0.2) is 5.21 Å². The fourth-order valence-electron chi connectivity index (χ4n) is 8.96. The predicted molar refractivity (Wildman–Crippen MR) is 216 cm³/mol. The molecule has 0 spiro atoms. The number of amides is 2. The van der Waals surface area contributed by atoms with Crippen LogP contribution in [-0.2, 0) is 37.2 Å². The summed E-state index contributed by atoms with van der Waals surface area (Å²) in [6, 6.07) is 25.4. The number of ether oxygens (including phenoxy) is 3. The van der Waals surface area contributed by atoms with Gasteiger partial charge < -0.3 is 38.9 Å². The lowest BCUT2D eigenvalue weighted by Crippen LogP contribution is -2.99. The van der Waals surface area contributed by atoms with E-state index in [1.54, 1.807) is 42.2 Å². The van der Waals surface area contributed by atoms with Crippen LogP contribution in [0, 0.1) is 12.1 Å². The number of phenols is 1. The Morgan fingerprint density at radius 1 is 0.897 bits per heavy atom. The van der Waals surface area contributed by atoms with Crippen molar-refractivity contribution in [1.29, 1.82) is 0 Å². The second-order valence-corrected chi connectivity index (χ2v) is 15.5. The number of quaternary nitrogens is 1. The van der Waals surface area contributed by atoms with Gasteiger partial charge in [-0.2, -0.15) is 5.23 Å². The number of rotatable bonds is 9. The van der Waals surface area contributed by atoms with Gasteiger partial charge >= 0.3 is 0 Å². The van der Waals surface area contributed by atoms with Gasteiger partial charge in [-0.3, -0.25) is 14.5 Å². The number of aromatic hydroxyl groups is 1. The largest absolute Gasteiger partial charge is 0.595 e. The molecular formula is C45H47N5O8. The van der Waals surface area contributed by atoms with Gasteiger partial charge in [0.1, 0.15) is 5.75 Å². The molecule has 1 saturated heterocycles. The Kier molecular flexibility index (Phi) is 10.4. The van der Waals surface area contributed by atoms with E-state index in [9.17, 15) is 15.5 Å². The predicted octanol–water partition coefficient (Wildman–Crippen LogP) is 5.38. The summed E-state index contributed by atoms with van der Waals surface area (Å²) in [5, 5.41) is 31.1. The molecule has 4 aliphatic rings. The molecule has 3 N–H and O–H groups in total. The number of phenolic OH excluding ortho intramolecular Hbond substituents is 1. The number of benzene rings is 4. The number of nitrogens with one attached hydrogen (secondary N) is 1. The van der Waals surface area contributed by atoms with E-state index in [1.807, 2.05) is 29.2 Å². The van der Waals surface area contributed by atoms with Gasteiger partial charge in [-0.1, -0.05) is 36.4 Å². The van der Waals surface area contributed by atoms with E-state index in [0.717, 1.165) is 55.8 Å². The Labute approximate surface area is 336 Å². The molecule has 1 unspecified atom stereocenters. The minimum absolute atomic E-state index is 0.0449. The number of carbonyl (C=O) groups is 2. The maximum Gasteiger partial charge on any atom is 0.260 e. The highest BCUT2D eigenvalue weighted by Crippen LogP contribution is 2.42. The van der Waals surface area contributed by atoms with Crippen molar-refractivity contribution in [3.05, 3.63) is 129 Å². The highest BCUT2D eigenvalue weighted by molar-refractivity contribution is 6.09. The van der Waals surface area contributed by atoms with Gasteiger partial charge in [0.25, 0.3) is 11.8 Å². The van der Waals surface area contributed by atoms with E-state index in [0.29, 0.717) is 77.7 Å². The number of hydrogen-bond donors (Lipinski definition) is 3. The normalized spacial score (nSPS) is 18.1. The van der Waals surface area contributed by atoms with E-state index in [2.05, 4.69) is 27.7 Å². The number of hydrogen-bond acceptors (Lipinski definition) is 9. The highest BCUT2D eigenvalue weighted by Gasteiger charge is 2.36. The van der Waals surface area contributed by atoms with Crippen LogP contribution >= 0.6 is 0 Å². The highest BCUT2D eigenvalue weighted by atomic mass is 16.8. The van der Waals surface area contributed by atoms with Gasteiger partial charge in [0.05, 0.1) is 30.9 Å². The summed E-state index contributed by atoms with van der Waals surface area (Å²) < 4.78 is 19.6. The summed E-state index contributed by atoms with van der Waals surface area (Å²) in [5.74, 6) is 0.732. The molecule has 0 aliphatic carbocycles. The molecule has 1 fully saturated rings. The summed E-state index contributed by atoms with van der Waals surface area (Å²) in [6.45, 7) is 6.72. The minimum atomic E-state index is -1.04. The van der Waals surface area contributed by atoms with Crippen LogP contribution in [0.25, 0.3) is 11.3 Å². The van der Waals surface area contributed by atoms with Crippen LogP contribution in [0.3, 0.4) is 0 Å².